The predicted molar refractivity (Wildman–Crippen MR) is 110 cm³/mol. The maximum absolute atomic E-state index is 6.05. The average molecular weight is 416 g/mol. The van der Waals surface area contributed by atoms with Crippen molar-refractivity contribution in [2.45, 2.75) is 6.67 Å². The molecule has 3 aromatic heterocycles. The van der Waals surface area contributed by atoms with Crippen molar-refractivity contribution < 1.29 is 4.42 Å². The van der Waals surface area contributed by atoms with E-state index in [1.54, 1.807) is 17.1 Å². The number of hydrogen-bond donors (Lipinski definition) is 0. The topological polar surface area (TPSA) is 68.2 Å². The minimum Gasteiger partial charge on any atom is -0.429 e. The third-order valence-corrected chi connectivity index (χ3v) is 5.69. The molecule has 8 nitrogen and oxygen atoms in total. The highest BCUT2D eigenvalue weighted by Crippen LogP contribution is 2.25. The smallest absolute Gasteiger partial charge is 0.270 e. The molecule has 0 unspecified atom stereocenters. The van der Waals surface area contributed by atoms with E-state index in [-0.39, 0.29) is 0 Å². The Bertz CT molecular complexity index is 1220. The van der Waals surface area contributed by atoms with Gasteiger partial charge in [0.25, 0.3) is 4.84 Å². The standard InChI is InChI=1S/C18H18ClN7OS/c1-23-16-13(9-22-23)17(21-10-20-16)25-6-4-24(5-7-25)11-26-14-3-2-12(19)8-15(14)27-18(26)28/h2-3,8-10H,4-7,11H2,1H3. The number of anilines is 1. The van der Waals surface area contributed by atoms with Crippen LogP contribution in [0.15, 0.2) is 35.1 Å². The summed E-state index contributed by atoms with van der Waals surface area (Å²) >= 11 is 11.5. The highest BCUT2D eigenvalue weighted by molar-refractivity contribution is 7.71. The molecule has 10 heteroatoms. The molecule has 28 heavy (non-hydrogen) atoms. The molecule has 0 radical (unpaired) electrons. The molecule has 1 aromatic carbocycles. The van der Waals surface area contributed by atoms with Crippen LogP contribution in [0.25, 0.3) is 22.1 Å². The molecule has 0 amide bonds. The van der Waals surface area contributed by atoms with E-state index in [4.69, 9.17) is 28.2 Å². The van der Waals surface area contributed by atoms with Crippen molar-refractivity contribution in [2.75, 3.05) is 31.1 Å². The van der Waals surface area contributed by atoms with E-state index in [0.717, 1.165) is 54.1 Å². The van der Waals surface area contributed by atoms with Gasteiger partial charge in [-0.1, -0.05) is 11.6 Å². The zero-order valence-electron chi connectivity index (χ0n) is 15.2. The van der Waals surface area contributed by atoms with Gasteiger partial charge in [0, 0.05) is 44.3 Å². The first-order chi connectivity index (χ1) is 13.6. The Kier molecular flexibility index (Phi) is 4.30. The van der Waals surface area contributed by atoms with E-state index < -0.39 is 0 Å². The fraction of sp³-hybridized carbons (Fsp3) is 0.333. The Hall–Kier alpha value is -2.49. The number of nitrogens with zero attached hydrogens (tertiary/aromatic N) is 7. The van der Waals surface area contributed by atoms with Crippen molar-refractivity contribution in [1.29, 1.82) is 0 Å². The van der Waals surface area contributed by atoms with Crippen molar-refractivity contribution in [1.82, 2.24) is 29.2 Å². The quantitative estimate of drug-likeness (QED) is 0.476. The van der Waals surface area contributed by atoms with Crippen molar-refractivity contribution in [3.8, 4) is 0 Å². The van der Waals surface area contributed by atoms with Gasteiger partial charge in [-0.05, 0) is 24.4 Å². The molecule has 4 aromatic rings. The summed E-state index contributed by atoms with van der Waals surface area (Å²) in [5.41, 5.74) is 2.53. The van der Waals surface area contributed by atoms with E-state index in [0.29, 0.717) is 16.5 Å². The van der Waals surface area contributed by atoms with Gasteiger partial charge >= 0.3 is 0 Å². The molecule has 1 aliphatic heterocycles. The van der Waals surface area contributed by atoms with Crippen molar-refractivity contribution in [3.63, 3.8) is 0 Å². The van der Waals surface area contributed by atoms with Crippen molar-refractivity contribution in [2.24, 2.45) is 7.05 Å². The van der Waals surface area contributed by atoms with Crippen molar-refractivity contribution >= 4 is 51.8 Å². The molecule has 0 atom stereocenters. The molecule has 4 heterocycles. The van der Waals surface area contributed by atoms with Crippen LogP contribution in [0.1, 0.15) is 0 Å². The molecule has 0 spiro atoms. The number of benzene rings is 1. The predicted octanol–water partition coefficient (Wildman–Crippen LogP) is 3.07. The minimum atomic E-state index is 0.465. The van der Waals surface area contributed by atoms with Gasteiger partial charge in [-0.2, -0.15) is 5.10 Å². The van der Waals surface area contributed by atoms with Gasteiger partial charge in [0.1, 0.15) is 12.1 Å². The van der Waals surface area contributed by atoms with Gasteiger partial charge in [0.05, 0.1) is 23.8 Å². The second-order valence-corrected chi connectivity index (χ2v) is 7.64. The highest BCUT2D eigenvalue weighted by Gasteiger charge is 2.22. The summed E-state index contributed by atoms with van der Waals surface area (Å²) in [5.74, 6) is 0.942. The van der Waals surface area contributed by atoms with Crippen molar-refractivity contribution in [3.05, 3.63) is 40.6 Å². The molecule has 0 bridgehead atoms. The molecule has 0 saturated carbocycles. The number of fused-ring (bicyclic) bond motifs is 2. The molecule has 1 saturated heterocycles. The molecule has 0 N–H and O–H groups in total. The second-order valence-electron chi connectivity index (χ2n) is 6.86. The zero-order chi connectivity index (χ0) is 19.3. The normalized spacial score (nSPS) is 15.7. The maximum atomic E-state index is 6.05. The lowest BCUT2D eigenvalue weighted by Crippen LogP contribution is -2.47. The largest absolute Gasteiger partial charge is 0.429 e. The summed E-state index contributed by atoms with van der Waals surface area (Å²) in [5, 5.41) is 5.93. The van der Waals surface area contributed by atoms with Crippen LogP contribution in [0, 0.1) is 4.84 Å². The van der Waals surface area contributed by atoms with E-state index in [1.165, 1.54) is 0 Å². The second kappa shape index (κ2) is 6.84. The molecule has 5 rings (SSSR count). The third-order valence-electron chi connectivity index (χ3n) is 5.15. The highest BCUT2D eigenvalue weighted by atomic mass is 35.5. The molecular weight excluding hydrogens is 398 g/mol. The van der Waals surface area contributed by atoms with Gasteiger partial charge in [0.15, 0.2) is 11.2 Å². The Labute approximate surface area is 170 Å². The summed E-state index contributed by atoms with van der Waals surface area (Å²) in [7, 11) is 1.89. The summed E-state index contributed by atoms with van der Waals surface area (Å²) in [6.07, 6.45) is 3.44. The van der Waals surface area contributed by atoms with Crippen LogP contribution in [0.3, 0.4) is 0 Å². The Morgan fingerprint density at radius 3 is 2.82 bits per heavy atom. The number of aryl methyl sites for hydroxylation is 1. The van der Waals surface area contributed by atoms with Crippen LogP contribution in [0.5, 0.6) is 0 Å². The van der Waals surface area contributed by atoms with E-state index in [1.807, 2.05) is 29.9 Å². The number of piperazine rings is 1. The molecule has 1 aliphatic rings. The first-order valence-corrected chi connectivity index (χ1v) is 9.78. The summed E-state index contributed by atoms with van der Waals surface area (Å²) in [4.78, 5) is 13.9. The number of aromatic nitrogens is 5. The summed E-state index contributed by atoms with van der Waals surface area (Å²) in [6, 6.07) is 5.61. The van der Waals surface area contributed by atoms with Crippen LogP contribution in [-0.4, -0.2) is 55.4 Å². The minimum absolute atomic E-state index is 0.465. The van der Waals surface area contributed by atoms with Gasteiger partial charge in [0.2, 0.25) is 0 Å². The van der Waals surface area contributed by atoms with Gasteiger partial charge in [-0.25, -0.2) is 9.97 Å². The molecule has 1 fully saturated rings. The fourth-order valence-corrected chi connectivity index (χ4v) is 4.08. The summed E-state index contributed by atoms with van der Waals surface area (Å²) < 4.78 is 9.48. The van der Waals surface area contributed by atoms with Crippen LogP contribution in [0.4, 0.5) is 5.82 Å². The van der Waals surface area contributed by atoms with Gasteiger partial charge in [-0.3, -0.25) is 14.1 Å². The fourth-order valence-electron chi connectivity index (χ4n) is 3.68. The number of rotatable bonds is 3. The van der Waals surface area contributed by atoms with Gasteiger partial charge < -0.3 is 9.32 Å². The Morgan fingerprint density at radius 1 is 1.18 bits per heavy atom. The van der Waals surface area contributed by atoms with Gasteiger partial charge in [-0.15, -0.1) is 0 Å². The lowest BCUT2D eigenvalue weighted by atomic mass is 10.3. The third kappa shape index (κ3) is 2.95. The van der Waals surface area contributed by atoms with Crippen LogP contribution < -0.4 is 4.90 Å². The Balaban J connectivity index is 1.34. The van der Waals surface area contributed by atoms with Crippen LogP contribution in [-0.2, 0) is 13.7 Å². The monoisotopic (exact) mass is 415 g/mol. The molecular formula is C18H18ClN7OS. The first-order valence-electron chi connectivity index (χ1n) is 8.99. The van der Waals surface area contributed by atoms with Crippen LogP contribution >= 0.6 is 23.8 Å². The van der Waals surface area contributed by atoms with E-state index in [2.05, 4.69) is 24.9 Å². The lowest BCUT2D eigenvalue weighted by Gasteiger charge is -2.35. The Morgan fingerprint density at radius 2 is 2.00 bits per heavy atom. The maximum Gasteiger partial charge on any atom is 0.270 e. The van der Waals surface area contributed by atoms with E-state index >= 15 is 0 Å². The lowest BCUT2D eigenvalue weighted by molar-refractivity contribution is 0.204. The SMILES string of the molecule is Cn1ncc2c(N3CCN(Cn4c(=S)oc5cc(Cl)ccc54)CC3)ncnc21. The summed E-state index contributed by atoms with van der Waals surface area (Å²) in [6.45, 7) is 4.22. The van der Waals surface area contributed by atoms with Crippen LogP contribution in [0.2, 0.25) is 5.02 Å². The molecule has 144 valence electrons. The zero-order valence-corrected chi connectivity index (χ0v) is 16.8. The number of halogens is 1. The first kappa shape index (κ1) is 17.6. The molecule has 0 aliphatic carbocycles. The average Bonchev–Trinajstić information content (AvgIpc) is 3.22. The van der Waals surface area contributed by atoms with E-state index in [9.17, 15) is 0 Å². The number of oxazole rings is 1. The number of hydrogen-bond acceptors (Lipinski definition) is 7.